The first kappa shape index (κ1) is 13.5. The lowest BCUT2D eigenvalue weighted by Gasteiger charge is -2.29. The van der Waals surface area contributed by atoms with Gasteiger partial charge in [0.1, 0.15) is 5.82 Å². The third kappa shape index (κ3) is 4.08. The van der Waals surface area contributed by atoms with Crippen molar-refractivity contribution in [3.8, 4) is 0 Å². The van der Waals surface area contributed by atoms with Gasteiger partial charge >= 0.3 is 0 Å². The molecule has 0 aliphatic carbocycles. The van der Waals surface area contributed by atoms with E-state index in [0.29, 0.717) is 6.04 Å². The van der Waals surface area contributed by atoms with Gasteiger partial charge in [-0.15, -0.1) is 0 Å². The number of hydrogen-bond acceptors (Lipinski definition) is 4. The molecule has 0 radical (unpaired) electrons. The van der Waals surface area contributed by atoms with E-state index >= 15 is 0 Å². The van der Waals surface area contributed by atoms with Crippen LogP contribution in [0.25, 0.3) is 0 Å². The van der Waals surface area contributed by atoms with Gasteiger partial charge in [-0.05, 0) is 13.8 Å². The lowest BCUT2D eigenvalue weighted by molar-refractivity contribution is 0.0344. The van der Waals surface area contributed by atoms with E-state index in [9.17, 15) is 0 Å². The summed E-state index contributed by atoms with van der Waals surface area (Å²) < 4.78 is 7.53. The van der Waals surface area contributed by atoms with Gasteiger partial charge in [-0.1, -0.05) is 0 Å². The number of imidazole rings is 1. The second-order valence-electron chi connectivity index (χ2n) is 4.94. The van der Waals surface area contributed by atoms with Crippen LogP contribution in [-0.4, -0.2) is 59.9 Å². The fourth-order valence-electron chi connectivity index (χ4n) is 2.31. The Morgan fingerprint density at radius 2 is 2.22 bits per heavy atom. The van der Waals surface area contributed by atoms with Crippen LogP contribution in [0.15, 0.2) is 12.4 Å². The van der Waals surface area contributed by atoms with Crippen molar-refractivity contribution in [1.82, 2.24) is 19.8 Å². The summed E-state index contributed by atoms with van der Waals surface area (Å²) in [4.78, 5) is 6.68. The van der Waals surface area contributed by atoms with Crippen LogP contribution in [0.2, 0.25) is 0 Å². The molecule has 5 nitrogen and oxygen atoms in total. The number of morpholine rings is 1. The van der Waals surface area contributed by atoms with E-state index in [2.05, 4.69) is 26.7 Å². The lowest BCUT2D eigenvalue weighted by atomic mass is 10.3. The van der Waals surface area contributed by atoms with Crippen LogP contribution in [-0.2, 0) is 11.3 Å². The Bertz CT molecular complexity index is 347. The van der Waals surface area contributed by atoms with Crippen molar-refractivity contribution in [2.45, 2.75) is 26.4 Å². The zero-order chi connectivity index (χ0) is 12.8. The summed E-state index contributed by atoms with van der Waals surface area (Å²) in [5.74, 6) is 1.08. The highest BCUT2D eigenvalue weighted by Crippen LogP contribution is 1.99. The van der Waals surface area contributed by atoms with Gasteiger partial charge in [0.15, 0.2) is 0 Å². The maximum Gasteiger partial charge on any atom is 0.105 e. The molecule has 5 heteroatoms. The van der Waals surface area contributed by atoms with Gasteiger partial charge in [0.05, 0.1) is 13.2 Å². The van der Waals surface area contributed by atoms with Gasteiger partial charge in [-0.3, -0.25) is 4.90 Å². The molecular weight excluding hydrogens is 228 g/mol. The smallest absolute Gasteiger partial charge is 0.105 e. The van der Waals surface area contributed by atoms with E-state index in [0.717, 1.165) is 51.8 Å². The second kappa shape index (κ2) is 6.87. The van der Waals surface area contributed by atoms with E-state index in [1.54, 1.807) is 0 Å². The number of rotatable bonds is 6. The van der Waals surface area contributed by atoms with E-state index in [4.69, 9.17) is 4.74 Å². The molecule has 1 aliphatic rings. The highest BCUT2D eigenvalue weighted by molar-refractivity contribution is 4.88. The van der Waals surface area contributed by atoms with Crippen molar-refractivity contribution in [1.29, 1.82) is 0 Å². The van der Waals surface area contributed by atoms with Crippen LogP contribution < -0.4 is 5.32 Å². The van der Waals surface area contributed by atoms with E-state index in [1.165, 1.54) is 0 Å². The Balaban J connectivity index is 1.62. The molecule has 1 fully saturated rings. The molecule has 1 aromatic rings. The molecule has 0 aromatic carbocycles. The molecular formula is C13H24N4O. The highest BCUT2D eigenvalue weighted by Gasteiger charge is 2.13. The van der Waals surface area contributed by atoms with Crippen molar-refractivity contribution >= 4 is 0 Å². The first-order chi connectivity index (χ1) is 8.75. The van der Waals surface area contributed by atoms with E-state index in [-0.39, 0.29) is 0 Å². The fourth-order valence-corrected chi connectivity index (χ4v) is 2.31. The molecule has 2 rings (SSSR count). The average molecular weight is 252 g/mol. The van der Waals surface area contributed by atoms with E-state index in [1.807, 2.05) is 19.3 Å². The maximum absolute atomic E-state index is 5.35. The Labute approximate surface area is 109 Å². The minimum Gasteiger partial charge on any atom is -0.379 e. The van der Waals surface area contributed by atoms with Crippen molar-refractivity contribution in [3.05, 3.63) is 18.2 Å². The standard InChI is InChI=1S/C13H24N4O/c1-12(11-16-7-9-18-10-8-16)14-3-5-17-6-4-15-13(17)2/h4,6,12,14H,3,5,7-11H2,1-2H3. The number of nitrogens with one attached hydrogen (secondary N) is 1. The summed E-state index contributed by atoms with van der Waals surface area (Å²) in [5, 5.41) is 3.56. The average Bonchev–Trinajstić information content (AvgIpc) is 2.76. The molecule has 1 aromatic heterocycles. The van der Waals surface area contributed by atoms with Crippen LogP contribution in [0.4, 0.5) is 0 Å². The van der Waals surface area contributed by atoms with Crippen molar-refractivity contribution in [2.75, 3.05) is 39.4 Å². The highest BCUT2D eigenvalue weighted by atomic mass is 16.5. The Kier molecular flexibility index (Phi) is 5.16. The third-order valence-electron chi connectivity index (χ3n) is 3.40. The van der Waals surface area contributed by atoms with E-state index < -0.39 is 0 Å². The van der Waals surface area contributed by atoms with Gasteiger partial charge in [-0.25, -0.2) is 4.98 Å². The summed E-state index contributed by atoms with van der Waals surface area (Å²) in [6, 6.07) is 0.520. The summed E-state index contributed by atoms with van der Waals surface area (Å²) in [5.41, 5.74) is 0. The topological polar surface area (TPSA) is 42.3 Å². The number of aromatic nitrogens is 2. The fraction of sp³-hybridized carbons (Fsp3) is 0.769. The molecule has 18 heavy (non-hydrogen) atoms. The van der Waals surface area contributed by atoms with Crippen molar-refractivity contribution in [3.63, 3.8) is 0 Å². The number of nitrogens with zero attached hydrogens (tertiary/aromatic N) is 3. The predicted molar refractivity (Wildman–Crippen MR) is 71.7 cm³/mol. The summed E-state index contributed by atoms with van der Waals surface area (Å²) in [7, 11) is 0. The van der Waals surface area contributed by atoms with Gasteiger partial charge in [0.25, 0.3) is 0 Å². The number of hydrogen-bond donors (Lipinski definition) is 1. The first-order valence-corrected chi connectivity index (χ1v) is 6.77. The lowest BCUT2D eigenvalue weighted by Crippen LogP contribution is -2.45. The van der Waals surface area contributed by atoms with Gasteiger partial charge in [0, 0.05) is 51.2 Å². The maximum atomic E-state index is 5.35. The Morgan fingerprint density at radius 3 is 2.89 bits per heavy atom. The van der Waals surface area contributed by atoms with Gasteiger partial charge in [-0.2, -0.15) is 0 Å². The molecule has 1 unspecified atom stereocenters. The monoisotopic (exact) mass is 252 g/mol. The predicted octanol–water partition coefficient (Wildman–Crippen LogP) is 0.502. The molecule has 102 valence electrons. The summed E-state index contributed by atoms with van der Waals surface area (Å²) in [6.45, 7) is 11.2. The largest absolute Gasteiger partial charge is 0.379 e. The second-order valence-corrected chi connectivity index (χ2v) is 4.94. The summed E-state index contributed by atoms with van der Waals surface area (Å²) in [6.07, 6.45) is 3.89. The van der Waals surface area contributed by atoms with Crippen LogP contribution >= 0.6 is 0 Å². The van der Waals surface area contributed by atoms with Gasteiger partial charge < -0.3 is 14.6 Å². The van der Waals surface area contributed by atoms with Crippen LogP contribution in [0.3, 0.4) is 0 Å². The normalized spacial score (nSPS) is 19.0. The quantitative estimate of drug-likeness (QED) is 0.801. The molecule has 0 saturated carbocycles. The molecule has 0 spiro atoms. The number of ether oxygens (including phenoxy) is 1. The molecule has 0 amide bonds. The minimum atomic E-state index is 0.520. The molecule has 1 aliphatic heterocycles. The Hall–Kier alpha value is -0.910. The van der Waals surface area contributed by atoms with Crippen LogP contribution in [0.5, 0.6) is 0 Å². The van der Waals surface area contributed by atoms with Crippen LogP contribution in [0.1, 0.15) is 12.7 Å². The summed E-state index contributed by atoms with van der Waals surface area (Å²) >= 11 is 0. The number of aryl methyl sites for hydroxylation is 1. The van der Waals surface area contributed by atoms with Crippen molar-refractivity contribution in [2.24, 2.45) is 0 Å². The third-order valence-corrected chi connectivity index (χ3v) is 3.40. The van der Waals surface area contributed by atoms with Crippen LogP contribution in [0, 0.1) is 6.92 Å². The zero-order valence-electron chi connectivity index (χ0n) is 11.4. The van der Waals surface area contributed by atoms with Crippen molar-refractivity contribution < 1.29 is 4.74 Å². The SMILES string of the molecule is Cc1nccn1CCNC(C)CN1CCOCC1. The zero-order valence-corrected chi connectivity index (χ0v) is 11.4. The molecule has 0 bridgehead atoms. The first-order valence-electron chi connectivity index (χ1n) is 6.77. The molecule has 1 atom stereocenters. The Morgan fingerprint density at radius 1 is 1.44 bits per heavy atom. The molecule has 2 heterocycles. The molecule has 1 N–H and O–H groups in total. The minimum absolute atomic E-state index is 0.520. The van der Waals surface area contributed by atoms with Gasteiger partial charge in [0.2, 0.25) is 0 Å². The molecule has 1 saturated heterocycles.